The highest BCUT2D eigenvalue weighted by Gasteiger charge is 2.43. The van der Waals surface area contributed by atoms with Crippen molar-refractivity contribution in [3.05, 3.63) is 42.0 Å². The minimum absolute atomic E-state index is 0.0955. The van der Waals surface area contributed by atoms with Crippen LogP contribution in [-0.2, 0) is 10.2 Å². The molecule has 1 atom stereocenters. The molecule has 0 radical (unpaired) electrons. The zero-order valence-electron chi connectivity index (χ0n) is 9.37. The van der Waals surface area contributed by atoms with Crippen LogP contribution < -0.4 is 4.90 Å². The van der Waals surface area contributed by atoms with Gasteiger partial charge < -0.3 is 4.90 Å². The Kier molecular flexibility index (Phi) is 1.97. The van der Waals surface area contributed by atoms with Gasteiger partial charge in [0.25, 0.3) is 0 Å². The Bertz CT molecular complexity index is 450. The van der Waals surface area contributed by atoms with E-state index < -0.39 is 5.41 Å². The lowest BCUT2D eigenvalue weighted by Gasteiger charge is -2.18. The number of likely N-dealkylation sites (N-methyl/N-ethyl adjacent to an activating group) is 1. The van der Waals surface area contributed by atoms with Gasteiger partial charge in [0, 0.05) is 12.7 Å². The van der Waals surface area contributed by atoms with Crippen molar-refractivity contribution in [2.75, 3.05) is 11.9 Å². The third-order valence-corrected chi connectivity index (χ3v) is 3.23. The predicted octanol–water partition coefficient (Wildman–Crippen LogP) is 2.42. The summed E-state index contributed by atoms with van der Waals surface area (Å²) in [6, 6.07) is 6.09. The third kappa shape index (κ3) is 1.14. The van der Waals surface area contributed by atoms with E-state index in [1.165, 1.54) is 5.56 Å². The van der Waals surface area contributed by atoms with Crippen LogP contribution in [0.5, 0.6) is 0 Å². The molecule has 1 aromatic carbocycles. The summed E-state index contributed by atoms with van der Waals surface area (Å²) in [5.41, 5.74) is 2.67. The third-order valence-electron chi connectivity index (χ3n) is 3.23. The van der Waals surface area contributed by atoms with E-state index in [-0.39, 0.29) is 5.91 Å². The van der Waals surface area contributed by atoms with Crippen molar-refractivity contribution in [1.29, 1.82) is 0 Å². The summed E-state index contributed by atoms with van der Waals surface area (Å²) in [6.45, 7) is 7.74. The van der Waals surface area contributed by atoms with Crippen LogP contribution in [0.4, 0.5) is 5.69 Å². The number of aryl methyl sites for hydroxylation is 1. The Hall–Kier alpha value is -1.57. The van der Waals surface area contributed by atoms with E-state index >= 15 is 0 Å². The molecular formula is C13H15NO. The number of fused-ring (bicyclic) bond motifs is 1. The molecule has 0 aliphatic carbocycles. The fourth-order valence-corrected chi connectivity index (χ4v) is 2.13. The second kappa shape index (κ2) is 2.96. The first-order valence-electron chi connectivity index (χ1n) is 5.03. The number of carbonyl (C=O) groups excluding carboxylic acids is 1. The first kappa shape index (κ1) is 9.97. The normalized spacial score (nSPS) is 24.2. The molecule has 0 saturated heterocycles. The molecule has 0 unspecified atom stereocenters. The molecule has 0 aromatic heterocycles. The molecule has 2 rings (SSSR count). The minimum Gasteiger partial charge on any atom is -0.314 e. The van der Waals surface area contributed by atoms with Gasteiger partial charge in [-0.3, -0.25) is 4.79 Å². The molecule has 0 saturated carbocycles. The Morgan fingerprint density at radius 1 is 1.47 bits per heavy atom. The SMILES string of the molecule is C=C[C@@]1(C)C(=O)N(C)c2ccc(C)cc21. The maximum atomic E-state index is 12.1. The zero-order chi connectivity index (χ0) is 11.2. The summed E-state index contributed by atoms with van der Waals surface area (Å²) in [6.07, 6.45) is 1.73. The first-order chi connectivity index (χ1) is 7.00. The first-order valence-corrected chi connectivity index (χ1v) is 5.03. The summed E-state index contributed by atoms with van der Waals surface area (Å²) in [5, 5.41) is 0. The molecule has 15 heavy (non-hydrogen) atoms. The standard InChI is InChI=1S/C13H15NO/c1-5-13(3)10-8-9(2)6-7-11(10)14(4)12(13)15/h5-8H,1H2,2-4H3/t13-/m1/s1. The van der Waals surface area contributed by atoms with Crippen LogP contribution in [0.15, 0.2) is 30.9 Å². The quantitative estimate of drug-likeness (QED) is 0.639. The van der Waals surface area contributed by atoms with Crippen LogP contribution in [-0.4, -0.2) is 13.0 Å². The summed E-state index contributed by atoms with van der Waals surface area (Å²) in [5.74, 6) is 0.0955. The Morgan fingerprint density at radius 2 is 2.13 bits per heavy atom. The van der Waals surface area contributed by atoms with Crippen LogP contribution in [0.25, 0.3) is 0 Å². The maximum Gasteiger partial charge on any atom is 0.241 e. The fourth-order valence-electron chi connectivity index (χ4n) is 2.13. The molecule has 1 amide bonds. The summed E-state index contributed by atoms with van der Waals surface area (Å²) < 4.78 is 0. The summed E-state index contributed by atoms with van der Waals surface area (Å²) in [4.78, 5) is 13.8. The monoisotopic (exact) mass is 201 g/mol. The number of hydrogen-bond acceptors (Lipinski definition) is 1. The Labute approximate surface area is 90.2 Å². The molecule has 2 heteroatoms. The highest BCUT2D eigenvalue weighted by molar-refractivity contribution is 6.08. The van der Waals surface area contributed by atoms with Gasteiger partial charge in [-0.15, -0.1) is 6.58 Å². The second-order valence-corrected chi connectivity index (χ2v) is 4.29. The van der Waals surface area contributed by atoms with Crippen molar-refractivity contribution >= 4 is 11.6 Å². The van der Waals surface area contributed by atoms with E-state index in [1.807, 2.05) is 33.0 Å². The lowest BCUT2D eigenvalue weighted by atomic mass is 9.83. The van der Waals surface area contributed by atoms with Crippen molar-refractivity contribution in [1.82, 2.24) is 0 Å². The van der Waals surface area contributed by atoms with Crippen molar-refractivity contribution in [3.8, 4) is 0 Å². The van der Waals surface area contributed by atoms with E-state index in [2.05, 4.69) is 12.6 Å². The number of amides is 1. The van der Waals surface area contributed by atoms with Crippen molar-refractivity contribution in [2.45, 2.75) is 19.3 Å². The molecule has 1 aliphatic rings. The van der Waals surface area contributed by atoms with E-state index in [9.17, 15) is 4.79 Å². The molecule has 0 bridgehead atoms. The van der Waals surface area contributed by atoms with Crippen LogP contribution in [0.3, 0.4) is 0 Å². The molecule has 2 nitrogen and oxygen atoms in total. The van der Waals surface area contributed by atoms with E-state index in [1.54, 1.807) is 11.0 Å². The number of hydrogen-bond donors (Lipinski definition) is 0. The van der Waals surface area contributed by atoms with E-state index in [0.717, 1.165) is 11.3 Å². The van der Waals surface area contributed by atoms with Crippen LogP contribution in [0, 0.1) is 6.92 Å². The summed E-state index contributed by atoms with van der Waals surface area (Å²) in [7, 11) is 1.81. The minimum atomic E-state index is -0.559. The maximum absolute atomic E-state index is 12.1. The number of anilines is 1. The van der Waals surface area contributed by atoms with Gasteiger partial charge in [0.15, 0.2) is 0 Å². The van der Waals surface area contributed by atoms with Crippen molar-refractivity contribution < 1.29 is 4.79 Å². The molecular weight excluding hydrogens is 186 g/mol. The van der Waals surface area contributed by atoms with Crippen molar-refractivity contribution in [2.24, 2.45) is 0 Å². The van der Waals surface area contributed by atoms with E-state index in [4.69, 9.17) is 0 Å². The van der Waals surface area contributed by atoms with Gasteiger partial charge in [0.1, 0.15) is 0 Å². The van der Waals surface area contributed by atoms with Gasteiger partial charge in [-0.05, 0) is 25.5 Å². The van der Waals surface area contributed by atoms with Gasteiger partial charge in [-0.25, -0.2) is 0 Å². The molecule has 0 N–H and O–H groups in total. The van der Waals surface area contributed by atoms with Crippen LogP contribution in [0.1, 0.15) is 18.1 Å². The second-order valence-electron chi connectivity index (χ2n) is 4.29. The van der Waals surface area contributed by atoms with Gasteiger partial charge in [0.2, 0.25) is 5.91 Å². The van der Waals surface area contributed by atoms with Gasteiger partial charge in [0.05, 0.1) is 5.41 Å². The molecule has 0 spiro atoms. The molecule has 0 fully saturated rings. The highest BCUT2D eigenvalue weighted by atomic mass is 16.2. The Balaban J connectivity index is 2.72. The largest absolute Gasteiger partial charge is 0.314 e. The molecule has 1 aromatic rings. The topological polar surface area (TPSA) is 20.3 Å². The molecule has 78 valence electrons. The smallest absolute Gasteiger partial charge is 0.241 e. The number of carbonyl (C=O) groups is 1. The lowest BCUT2D eigenvalue weighted by molar-refractivity contribution is -0.120. The predicted molar refractivity (Wildman–Crippen MR) is 62.1 cm³/mol. The average Bonchev–Trinajstić information content (AvgIpc) is 2.42. The number of nitrogens with zero attached hydrogens (tertiary/aromatic N) is 1. The van der Waals surface area contributed by atoms with Gasteiger partial charge in [-0.2, -0.15) is 0 Å². The zero-order valence-corrected chi connectivity index (χ0v) is 9.37. The lowest BCUT2D eigenvalue weighted by Crippen LogP contribution is -2.34. The Morgan fingerprint density at radius 3 is 2.73 bits per heavy atom. The van der Waals surface area contributed by atoms with Gasteiger partial charge in [-0.1, -0.05) is 23.8 Å². The van der Waals surface area contributed by atoms with Crippen molar-refractivity contribution in [3.63, 3.8) is 0 Å². The molecule has 1 aliphatic heterocycles. The van der Waals surface area contributed by atoms with Gasteiger partial charge >= 0.3 is 0 Å². The van der Waals surface area contributed by atoms with E-state index in [0.29, 0.717) is 0 Å². The molecule has 1 heterocycles. The average molecular weight is 201 g/mol. The fraction of sp³-hybridized carbons (Fsp3) is 0.308. The van der Waals surface area contributed by atoms with Crippen LogP contribution in [0.2, 0.25) is 0 Å². The highest BCUT2D eigenvalue weighted by Crippen LogP contribution is 2.41. The number of benzene rings is 1. The van der Waals surface area contributed by atoms with Crippen LogP contribution >= 0.6 is 0 Å². The summed E-state index contributed by atoms with van der Waals surface area (Å²) >= 11 is 0. The number of rotatable bonds is 1.